The van der Waals surface area contributed by atoms with Crippen molar-refractivity contribution in [3.05, 3.63) is 74.8 Å². The van der Waals surface area contributed by atoms with E-state index in [9.17, 15) is 19.7 Å². The van der Waals surface area contributed by atoms with Gasteiger partial charge in [0.25, 0.3) is 5.69 Å². The summed E-state index contributed by atoms with van der Waals surface area (Å²) < 4.78 is 0. The summed E-state index contributed by atoms with van der Waals surface area (Å²) in [5.74, 6) is -0.413. The SMILES string of the molecule is CC(C)CNC(=O)[C@H](C)N(Cc1ccccc1Cl)C(=O)Cc1ccccc1[N+](=O)[O-]. The minimum Gasteiger partial charge on any atom is -0.354 e. The summed E-state index contributed by atoms with van der Waals surface area (Å²) in [5.41, 5.74) is 0.866. The number of nitro groups is 1. The summed E-state index contributed by atoms with van der Waals surface area (Å²) in [6, 6.07) is 12.4. The minimum atomic E-state index is -0.768. The zero-order valence-electron chi connectivity index (χ0n) is 17.3. The van der Waals surface area contributed by atoms with Gasteiger partial charge in [0.15, 0.2) is 0 Å². The number of halogens is 1. The van der Waals surface area contributed by atoms with E-state index in [0.717, 1.165) is 0 Å². The van der Waals surface area contributed by atoms with Gasteiger partial charge in [-0.3, -0.25) is 19.7 Å². The molecule has 7 nitrogen and oxygen atoms in total. The molecule has 1 N–H and O–H groups in total. The molecule has 0 aliphatic rings. The van der Waals surface area contributed by atoms with Gasteiger partial charge >= 0.3 is 0 Å². The van der Waals surface area contributed by atoms with Crippen LogP contribution in [-0.4, -0.2) is 34.2 Å². The Labute approximate surface area is 181 Å². The van der Waals surface area contributed by atoms with E-state index in [2.05, 4.69) is 5.32 Å². The maximum absolute atomic E-state index is 13.2. The lowest BCUT2D eigenvalue weighted by Crippen LogP contribution is -2.48. The monoisotopic (exact) mass is 431 g/mol. The fourth-order valence-corrected chi connectivity index (χ4v) is 3.14. The molecule has 0 heterocycles. The molecule has 2 amide bonds. The summed E-state index contributed by atoms with van der Waals surface area (Å²) >= 11 is 6.26. The van der Waals surface area contributed by atoms with Crippen LogP contribution in [0.15, 0.2) is 48.5 Å². The first-order valence-electron chi connectivity index (χ1n) is 9.73. The lowest BCUT2D eigenvalue weighted by molar-refractivity contribution is -0.385. The van der Waals surface area contributed by atoms with E-state index in [1.54, 1.807) is 49.4 Å². The molecule has 0 spiro atoms. The second-order valence-electron chi connectivity index (χ2n) is 7.49. The number of benzene rings is 2. The molecule has 1 atom stereocenters. The number of carbonyl (C=O) groups is 2. The Morgan fingerprint density at radius 2 is 1.67 bits per heavy atom. The largest absolute Gasteiger partial charge is 0.354 e. The summed E-state index contributed by atoms with van der Waals surface area (Å²) in [6.45, 7) is 6.21. The molecule has 0 fully saturated rings. The standard InChI is InChI=1S/C22H26ClN3O4/c1-15(2)13-24-22(28)16(3)25(14-18-9-4-6-10-19(18)23)21(27)12-17-8-5-7-11-20(17)26(29)30/h4-11,15-16H,12-14H2,1-3H3,(H,24,28)/t16-/m0/s1. The Hall–Kier alpha value is -2.93. The van der Waals surface area contributed by atoms with E-state index in [4.69, 9.17) is 11.6 Å². The van der Waals surface area contributed by atoms with E-state index in [1.807, 2.05) is 13.8 Å². The van der Waals surface area contributed by atoms with Gasteiger partial charge in [0, 0.05) is 29.7 Å². The fourth-order valence-electron chi connectivity index (χ4n) is 2.95. The van der Waals surface area contributed by atoms with Gasteiger partial charge in [-0.1, -0.05) is 61.8 Å². The normalized spacial score (nSPS) is 11.8. The molecule has 0 saturated heterocycles. The van der Waals surface area contributed by atoms with Crippen molar-refractivity contribution < 1.29 is 14.5 Å². The van der Waals surface area contributed by atoms with E-state index in [-0.39, 0.29) is 30.5 Å². The zero-order chi connectivity index (χ0) is 22.3. The Morgan fingerprint density at radius 1 is 1.07 bits per heavy atom. The number of nitrogens with zero attached hydrogens (tertiary/aromatic N) is 2. The molecule has 0 saturated carbocycles. The number of rotatable bonds is 9. The minimum absolute atomic E-state index is 0.120. The Bertz CT molecular complexity index is 917. The van der Waals surface area contributed by atoms with Crippen LogP contribution in [0.4, 0.5) is 5.69 Å². The number of amides is 2. The third-order valence-electron chi connectivity index (χ3n) is 4.68. The molecule has 30 heavy (non-hydrogen) atoms. The van der Waals surface area contributed by atoms with E-state index in [1.165, 1.54) is 11.0 Å². The molecule has 0 bridgehead atoms. The van der Waals surface area contributed by atoms with Gasteiger partial charge < -0.3 is 10.2 Å². The van der Waals surface area contributed by atoms with E-state index in [0.29, 0.717) is 22.7 Å². The van der Waals surface area contributed by atoms with Crippen LogP contribution in [0.2, 0.25) is 5.02 Å². The second-order valence-corrected chi connectivity index (χ2v) is 7.90. The fraction of sp³-hybridized carbons (Fsp3) is 0.364. The van der Waals surface area contributed by atoms with Crippen molar-refractivity contribution in [2.45, 2.75) is 39.8 Å². The molecule has 2 rings (SSSR count). The van der Waals surface area contributed by atoms with Crippen LogP contribution in [0.1, 0.15) is 31.9 Å². The molecule has 2 aromatic carbocycles. The molecule has 2 aromatic rings. The number of nitro benzene ring substituents is 1. The van der Waals surface area contributed by atoms with Crippen LogP contribution in [0.5, 0.6) is 0 Å². The van der Waals surface area contributed by atoms with Gasteiger partial charge in [-0.15, -0.1) is 0 Å². The van der Waals surface area contributed by atoms with Gasteiger partial charge in [0.2, 0.25) is 11.8 Å². The molecular formula is C22H26ClN3O4. The van der Waals surface area contributed by atoms with E-state index >= 15 is 0 Å². The molecule has 0 aliphatic heterocycles. The smallest absolute Gasteiger partial charge is 0.273 e. The highest BCUT2D eigenvalue weighted by atomic mass is 35.5. The number of hydrogen-bond acceptors (Lipinski definition) is 4. The quantitative estimate of drug-likeness (QED) is 0.480. The average molecular weight is 432 g/mol. The molecule has 160 valence electrons. The topological polar surface area (TPSA) is 92.6 Å². The Kier molecular flexibility index (Phi) is 8.35. The Morgan fingerprint density at radius 3 is 2.27 bits per heavy atom. The predicted molar refractivity (Wildman–Crippen MR) is 116 cm³/mol. The zero-order valence-corrected chi connectivity index (χ0v) is 18.1. The third kappa shape index (κ3) is 6.29. The highest BCUT2D eigenvalue weighted by molar-refractivity contribution is 6.31. The summed E-state index contributed by atoms with van der Waals surface area (Å²) in [4.78, 5) is 38.0. The first kappa shape index (κ1) is 23.3. The van der Waals surface area contributed by atoms with Crippen LogP contribution in [-0.2, 0) is 22.6 Å². The summed E-state index contributed by atoms with van der Waals surface area (Å²) in [6.07, 6.45) is -0.191. The van der Waals surface area contributed by atoms with Gasteiger partial charge in [-0.2, -0.15) is 0 Å². The van der Waals surface area contributed by atoms with Crippen LogP contribution in [0.25, 0.3) is 0 Å². The Balaban J connectivity index is 2.30. The highest BCUT2D eigenvalue weighted by Crippen LogP contribution is 2.22. The van der Waals surface area contributed by atoms with Crippen molar-refractivity contribution in [3.8, 4) is 0 Å². The maximum atomic E-state index is 13.2. The molecule has 0 radical (unpaired) electrons. The van der Waals surface area contributed by atoms with Crippen molar-refractivity contribution in [2.24, 2.45) is 5.92 Å². The van der Waals surface area contributed by atoms with Gasteiger partial charge in [-0.25, -0.2) is 0 Å². The lowest BCUT2D eigenvalue weighted by atomic mass is 10.1. The molecular weight excluding hydrogens is 406 g/mol. The number of carbonyl (C=O) groups excluding carboxylic acids is 2. The number of nitrogens with one attached hydrogen (secondary N) is 1. The van der Waals surface area contributed by atoms with Crippen molar-refractivity contribution >= 4 is 29.1 Å². The van der Waals surface area contributed by atoms with Crippen LogP contribution in [0.3, 0.4) is 0 Å². The van der Waals surface area contributed by atoms with Crippen LogP contribution in [0, 0.1) is 16.0 Å². The first-order valence-corrected chi connectivity index (χ1v) is 10.1. The van der Waals surface area contributed by atoms with Crippen molar-refractivity contribution in [3.63, 3.8) is 0 Å². The van der Waals surface area contributed by atoms with E-state index < -0.39 is 16.9 Å². The number of hydrogen-bond donors (Lipinski definition) is 1. The first-order chi connectivity index (χ1) is 14.2. The van der Waals surface area contributed by atoms with Gasteiger partial charge in [-0.05, 0) is 24.5 Å². The van der Waals surface area contributed by atoms with Crippen LogP contribution < -0.4 is 5.32 Å². The second kappa shape index (κ2) is 10.7. The average Bonchev–Trinajstić information content (AvgIpc) is 2.71. The van der Waals surface area contributed by atoms with Gasteiger partial charge in [0.1, 0.15) is 6.04 Å². The summed E-state index contributed by atoms with van der Waals surface area (Å²) in [7, 11) is 0. The molecule has 0 unspecified atom stereocenters. The van der Waals surface area contributed by atoms with Gasteiger partial charge in [0.05, 0.1) is 11.3 Å². The molecule has 8 heteroatoms. The third-order valence-corrected chi connectivity index (χ3v) is 5.05. The molecule has 0 aliphatic carbocycles. The van der Waals surface area contributed by atoms with Crippen molar-refractivity contribution in [2.75, 3.05) is 6.54 Å². The van der Waals surface area contributed by atoms with Crippen molar-refractivity contribution in [1.82, 2.24) is 10.2 Å². The molecule has 0 aromatic heterocycles. The van der Waals surface area contributed by atoms with Crippen LogP contribution >= 0.6 is 11.6 Å². The maximum Gasteiger partial charge on any atom is 0.273 e. The predicted octanol–water partition coefficient (Wildman–Crippen LogP) is 3.98. The number of para-hydroxylation sites is 1. The lowest BCUT2D eigenvalue weighted by Gasteiger charge is -2.29. The van der Waals surface area contributed by atoms with Crippen molar-refractivity contribution in [1.29, 1.82) is 0 Å². The highest BCUT2D eigenvalue weighted by Gasteiger charge is 2.28. The summed E-state index contributed by atoms with van der Waals surface area (Å²) in [5, 5.41) is 14.6.